The molecule has 23 heavy (non-hydrogen) atoms. The third-order valence-electron chi connectivity index (χ3n) is 3.40. The lowest BCUT2D eigenvalue weighted by molar-refractivity contribution is -0.113. The molecule has 0 aromatic heterocycles. The normalized spacial score (nSPS) is 10.4. The zero-order valence-corrected chi connectivity index (χ0v) is 15.7. The molecule has 2 aromatic rings. The summed E-state index contributed by atoms with van der Waals surface area (Å²) in [4.78, 5) is 12.0. The number of carbonyl (C=O) groups is 1. The molecule has 0 heterocycles. The minimum atomic E-state index is 0.0196. The smallest absolute Gasteiger partial charge is 0.234 e. The molecule has 0 aliphatic rings. The van der Waals surface area contributed by atoms with E-state index in [2.05, 4.69) is 21.2 Å². The van der Waals surface area contributed by atoms with Crippen molar-refractivity contribution in [2.75, 3.05) is 23.4 Å². The minimum Gasteiger partial charge on any atom is -0.493 e. The van der Waals surface area contributed by atoms with Crippen molar-refractivity contribution in [3.05, 3.63) is 58.1 Å². The van der Waals surface area contributed by atoms with Crippen LogP contribution in [0.25, 0.3) is 0 Å². The predicted octanol–water partition coefficient (Wildman–Crippen LogP) is 4.82. The van der Waals surface area contributed by atoms with Gasteiger partial charge >= 0.3 is 0 Å². The molecule has 0 atom stereocenters. The lowest BCUT2D eigenvalue weighted by atomic mass is 10.1. The number of aryl methyl sites for hydroxylation is 1. The van der Waals surface area contributed by atoms with Crippen LogP contribution in [0.1, 0.15) is 11.1 Å². The van der Waals surface area contributed by atoms with Crippen molar-refractivity contribution in [2.24, 2.45) is 0 Å². The first kappa shape index (κ1) is 17.9. The maximum absolute atomic E-state index is 12.0. The van der Waals surface area contributed by atoms with E-state index in [0.29, 0.717) is 12.4 Å². The molecule has 0 spiro atoms. The molecule has 2 rings (SSSR count). The first-order valence-corrected chi connectivity index (χ1v) is 9.33. The third kappa shape index (κ3) is 5.92. The van der Waals surface area contributed by atoms with Gasteiger partial charge in [0.25, 0.3) is 0 Å². The summed E-state index contributed by atoms with van der Waals surface area (Å²) in [6.07, 6.45) is 0. The average Bonchev–Trinajstić information content (AvgIpc) is 2.51. The van der Waals surface area contributed by atoms with E-state index in [1.54, 1.807) is 11.8 Å². The summed E-state index contributed by atoms with van der Waals surface area (Å²) in [7, 11) is 0. The van der Waals surface area contributed by atoms with Gasteiger partial charge in [-0.05, 0) is 49.2 Å². The zero-order valence-electron chi connectivity index (χ0n) is 13.3. The number of halogens is 1. The third-order valence-corrected chi connectivity index (χ3v) is 4.82. The molecule has 5 heteroatoms. The fourth-order valence-electron chi connectivity index (χ4n) is 2.01. The zero-order chi connectivity index (χ0) is 16.7. The Labute approximate surface area is 149 Å². The Morgan fingerprint density at radius 2 is 2.00 bits per heavy atom. The SMILES string of the molecule is Cc1cccc(NC(=O)CSCCOc2cccc(Br)c2)c1C. The van der Waals surface area contributed by atoms with Crippen LogP contribution >= 0.6 is 27.7 Å². The highest BCUT2D eigenvalue weighted by molar-refractivity contribution is 9.10. The summed E-state index contributed by atoms with van der Waals surface area (Å²) in [6.45, 7) is 4.64. The van der Waals surface area contributed by atoms with E-state index < -0.39 is 0 Å². The Kier molecular flexibility index (Phi) is 6.99. The molecule has 0 aliphatic heterocycles. The van der Waals surface area contributed by atoms with Crippen molar-refractivity contribution >= 4 is 39.3 Å². The van der Waals surface area contributed by atoms with Gasteiger partial charge in [-0.2, -0.15) is 0 Å². The van der Waals surface area contributed by atoms with Crippen molar-refractivity contribution in [3.63, 3.8) is 0 Å². The highest BCUT2D eigenvalue weighted by Crippen LogP contribution is 2.19. The quantitative estimate of drug-likeness (QED) is 0.685. The van der Waals surface area contributed by atoms with Gasteiger partial charge in [-0.3, -0.25) is 4.79 Å². The van der Waals surface area contributed by atoms with Crippen LogP contribution in [-0.4, -0.2) is 24.0 Å². The lowest BCUT2D eigenvalue weighted by Gasteiger charge is -2.10. The van der Waals surface area contributed by atoms with Gasteiger partial charge in [-0.25, -0.2) is 0 Å². The molecule has 1 amide bonds. The molecule has 0 saturated heterocycles. The number of anilines is 1. The molecule has 0 fully saturated rings. The molecular formula is C18H20BrNO2S. The van der Waals surface area contributed by atoms with Crippen LogP contribution < -0.4 is 10.1 Å². The summed E-state index contributed by atoms with van der Waals surface area (Å²) in [6, 6.07) is 13.7. The van der Waals surface area contributed by atoms with Crippen LogP contribution in [0.2, 0.25) is 0 Å². The van der Waals surface area contributed by atoms with Gasteiger partial charge in [-0.15, -0.1) is 11.8 Å². The largest absolute Gasteiger partial charge is 0.493 e. The summed E-state index contributed by atoms with van der Waals surface area (Å²) in [5.41, 5.74) is 3.18. The number of thioether (sulfide) groups is 1. The Balaban J connectivity index is 1.68. The number of amides is 1. The second-order valence-corrected chi connectivity index (χ2v) is 7.17. The van der Waals surface area contributed by atoms with Crippen molar-refractivity contribution in [2.45, 2.75) is 13.8 Å². The second-order valence-electron chi connectivity index (χ2n) is 5.15. The molecule has 1 N–H and O–H groups in total. The topological polar surface area (TPSA) is 38.3 Å². The van der Waals surface area contributed by atoms with Crippen LogP contribution in [0, 0.1) is 13.8 Å². The van der Waals surface area contributed by atoms with Crippen molar-refractivity contribution < 1.29 is 9.53 Å². The Hall–Kier alpha value is -1.46. The van der Waals surface area contributed by atoms with Gasteiger partial charge in [0.2, 0.25) is 5.91 Å². The van der Waals surface area contributed by atoms with E-state index >= 15 is 0 Å². The van der Waals surface area contributed by atoms with Crippen LogP contribution in [0.3, 0.4) is 0 Å². The van der Waals surface area contributed by atoms with Gasteiger partial charge < -0.3 is 10.1 Å². The number of carbonyl (C=O) groups excluding carboxylic acids is 1. The molecule has 122 valence electrons. The minimum absolute atomic E-state index is 0.0196. The molecule has 0 unspecified atom stereocenters. The van der Waals surface area contributed by atoms with Gasteiger partial charge in [0, 0.05) is 15.9 Å². The van der Waals surface area contributed by atoms with Gasteiger partial charge in [0.1, 0.15) is 5.75 Å². The molecular weight excluding hydrogens is 374 g/mol. The monoisotopic (exact) mass is 393 g/mol. The van der Waals surface area contributed by atoms with Crippen LogP contribution in [-0.2, 0) is 4.79 Å². The summed E-state index contributed by atoms with van der Waals surface area (Å²) >= 11 is 4.97. The highest BCUT2D eigenvalue weighted by Gasteiger charge is 2.06. The Morgan fingerprint density at radius 1 is 1.22 bits per heavy atom. The van der Waals surface area contributed by atoms with Crippen LogP contribution in [0.5, 0.6) is 5.75 Å². The maximum Gasteiger partial charge on any atom is 0.234 e. The summed E-state index contributed by atoms with van der Waals surface area (Å²) < 4.78 is 6.64. The number of ether oxygens (including phenoxy) is 1. The molecule has 3 nitrogen and oxygen atoms in total. The molecule has 0 bridgehead atoms. The molecule has 0 saturated carbocycles. The first-order valence-electron chi connectivity index (χ1n) is 7.38. The number of hydrogen-bond acceptors (Lipinski definition) is 3. The van der Waals surface area contributed by atoms with Gasteiger partial charge in [0.05, 0.1) is 12.4 Å². The maximum atomic E-state index is 12.0. The van der Waals surface area contributed by atoms with Gasteiger partial charge in [0.15, 0.2) is 0 Å². The number of nitrogens with one attached hydrogen (secondary N) is 1. The van der Waals surface area contributed by atoms with E-state index in [-0.39, 0.29) is 5.91 Å². The van der Waals surface area contributed by atoms with E-state index in [4.69, 9.17) is 4.74 Å². The van der Waals surface area contributed by atoms with E-state index in [9.17, 15) is 4.79 Å². The number of rotatable bonds is 7. The second kappa shape index (κ2) is 8.99. The fourth-order valence-corrected chi connectivity index (χ4v) is 2.99. The summed E-state index contributed by atoms with van der Waals surface area (Å²) in [5, 5.41) is 2.96. The molecule has 0 aliphatic carbocycles. The molecule has 0 radical (unpaired) electrons. The lowest BCUT2D eigenvalue weighted by Crippen LogP contribution is -2.16. The average molecular weight is 394 g/mol. The van der Waals surface area contributed by atoms with Crippen LogP contribution in [0.4, 0.5) is 5.69 Å². The van der Waals surface area contributed by atoms with Gasteiger partial charge in [-0.1, -0.05) is 34.1 Å². The summed E-state index contributed by atoms with van der Waals surface area (Å²) in [5.74, 6) is 2.05. The van der Waals surface area contributed by atoms with E-state index in [1.807, 2.05) is 56.3 Å². The number of benzene rings is 2. The number of hydrogen-bond donors (Lipinski definition) is 1. The van der Waals surface area contributed by atoms with Crippen LogP contribution in [0.15, 0.2) is 46.9 Å². The standard InChI is InChI=1S/C18H20BrNO2S/c1-13-5-3-8-17(14(13)2)20-18(21)12-23-10-9-22-16-7-4-6-15(19)11-16/h3-8,11H,9-10,12H2,1-2H3,(H,20,21). The first-order chi connectivity index (χ1) is 11.1. The Morgan fingerprint density at radius 3 is 2.78 bits per heavy atom. The van der Waals surface area contributed by atoms with Crippen molar-refractivity contribution in [1.82, 2.24) is 0 Å². The highest BCUT2D eigenvalue weighted by atomic mass is 79.9. The Bertz CT molecular complexity index is 676. The molecule has 2 aromatic carbocycles. The van der Waals surface area contributed by atoms with E-state index in [0.717, 1.165) is 27.2 Å². The van der Waals surface area contributed by atoms with Crippen molar-refractivity contribution in [3.8, 4) is 5.75 Å². The van der Waals surface area contributed by atoms with Crippen molar-refractivity contribution in [1.29, 1.82) is 0 Å². The fraction of sp³-hybridized carbons (Fsp3) is 0.278. The van der Waals surface area contributed by atoms with E-state index in [1.165, 1.54) is 5.56 Å². The predicted molar refractivity (Wildman–Crippen MR) is 102 cm³/mol.